The Morgan fingerprint density at radius 2 is 2.00 bits per heavy atom. The third kappa shape index (κ3) is 6.57. The van der Waals surface area contributed by atoms with Crippen LogP contribution in [0.3, 0.4) is 0 Å². The van der Waals surface area contributed by atoms with Crippen LogP contribution >= 0.6 is 11.6 Å². The molecule has 2 heterocycles. The van der Waals surface area contributed by atoms with Crippen LogP contribution in [0, 0.1) is 19.8 Å². The molecule has 1 aliphatic heterocycles. The summed E-state index contributed by atoms with van der Waals surface area (Å²) >= 11 is 5.83. The average Bonchev–Trinajstić information content (AvgIpc) is 3.10. The summed E-state index contributed by atoms with van der Waals surface area (Å²) in [5, 5.41) is 3.86. The fourth-order valence-electron chi connectivity index (χ4n) is 2.39. The molecule has 2 N–H and O–H groups in total. The van der Waals surface area contributed by atoms with Gasteiger partial charge in [-0.3, -0.25) is 4.55 Å². The summed E-state index contributed by atoms with van der Waals surface area (Å²) in [5.41, 5.74) is 1.91. The molecule has 3 rings (SSSR count). The van der Waals surface area contributed by atoms with Gasteiger partial charge >= 0.3 is 0 Å². The van der Waals surface area contributed by atoms with Gasteiger partial charge in [-0.15, -0.1) is 0 Å². The minimum Gasteiger partial charge on any atom is -0.492 e. The number of pyridine rings is 1. The minimum absolute atomic E-state index is 0.0666. The third-order valence-electron chi connectivity index (χ3n) is 3.96. The molecule has 26 heavy (non-hydrogen) atoms. The quantitative estimate of drug-likeness (QED) is 0.607. The Bertz CT molecular complexity index is 820. The van der Waals surface area contributed by atoms with Crippen LogP contribution < -0.4 is 10.1 Å². The molecule has 0 radical (unpaired) electrons. The van der Waals surface area contributed by atoms with E-state index in [9.17, 15) is 8.42 Å². The molecule has 8 heteroatoms. The lowest BCUT2D eigenvalue weighted by Crippen LogP contribution is -2.15. The lowest BCUT2D eigenvalue weighted by Gasteiger charge is -2.11. The van der Waals surface area contributed by atoms with Gasteiger partial charge in [0, 0.05) is 12.5 Å². The van der Waals surface area contributed by atoms with E-state index >= 15 is 0 Å². The highest BCUT2D eigenvalue weighted by molar-refractivity contribution is 7.85. The summed E-state index contributed by atoms with van der Waals surface area (Å²) in [6, 6.07) is 7.92. The topological polar surface area (TPSA) is 88.5 Å². The SMILES string of the molecule is Cc1cc(OC[C@@H]2CCNC2)cnc1Cl.Cc1ccc(S(=O)(=O)O)cc1. The van der Waals surface area contributed by atoms with Crippen LogP contribution in [-0.4, -0.2) is 37.7 Å². The van der Waals surface area contributed by atoms with E-state index in [-0.39, 0.29) is 4.90 Å². The molecule has 1 aromatic carbocycles. The molecule has 0 unspecified atom stereocenters. The van der Waals surface area contributed by atoms with E-state index < -0.39 is 10.1 Å². The summed E-state index contributed by atoms with van der Waals surface area (Å²) in [6.45, 7) is 6.69. The molecule has 1 saturated heterocycles. The van der Waals surface area contributed by atoms with Crippen LogP contribution in [0.2, 0.25) is 5.15 Å². The number of hydrogen-bond donors (Lipinski definition) is 2. The number of aryl methyl sites for hydroxylation is 2. The fraction of sp³-hybridized carbons (Fsp3) is 0.389. The van der Waals surface area contributed by atoms with E-state index in [0.717, 1.165) is 36.6 Å². The van der Waals surface area contributed by atoms with E-state index in [1.165, 1.54) is 18.6 Å². The van der Waals surface area contributed by atoms with E-state index in [2.05, 4.69) is 10.3 Å². The van der Waals surface area contributed by atoms with Crippen LogP contribution in [0.1, 0.15) is 17.5 Å². The molecular formula is C18H23ClN2O4S. The van der Waals surface area contributed by atoms with Gasteiger partial charge in [-0.05, 0) is 50.6 Å². The van der Waals surface area contributed by atoms with Crippen molar-refractivity contribution in [2.24, 2.45) is 5.92 Å². The number of aromatic nitrogens is 1. The standard InChI is InChI=1S/C11H15ClN2O.C7H8O3S/c1-8-4-10(6-14-11(8)12)15-7-9-2-3-13-5-9;1-6-2-4-7(5-3-6)11(8,9)10/h4,6,9,13H,2-3,5,7H2,1H3;2-5H,1H3,(H,8,9,10)/t9-;/m1./s1. The first-order chi connectivity index (χ1) is 12.3. The zero-order valence-corrected chi connectivity index (χ0v) is 16.3. The number of halogens is 1. The van der Waals surface area contributed by atoms with Gasteiger partial charge in [0.2, 0.25) is 0 Å². The Balaban J connectivity index is 0.000000197. The largest absolute Gasteiger partial charge is 0.492 e. The van der Waals surface area contributed by atoms with Crippen molar-refractivity contribution in [3.8, 4) is 5.75 Å². The van der Waals surface area contributed by atoms with Crippen LogP contribution in [0.15, 0.2) is 41.4 Å². The van der Waals surface area contributed by atoms with Crippen LogP contribution in [-0.2, 0) is 10.1 Å². The van der Waals surface area contributed by atoms with Gasteiger partial charge in [0.15, 0.2) is 0 Å². The number of nitrogens with zero attached hydrogens (tertiary/aromatic N) is 1. The lowest BCUT2D eigenvalue weighted by atomic mass is 10.1. The van der Waals surface area contributed by atoms with Crippen molar-refractivity contribution in [2.45, 2.75) is 25.2 Å². The second-order valence-electron chi connectivity index (χ2n) is 6.24. The maximum Gasteiger partial charge on any atom is 0.294 e. The predicted octanol–water partition coefficient (Wildman–Crippen LogP) is 3.27. The first-order valence-electron chi connectivity index (χ1n) is 8.25. The molecule has 6 nitrogen and oxygen atoms in total. The molecule has 0 saturated carbocycles. The second kappa shape index (κ2) is 9.32. The van der Waals surface area contributed by atoms with Crippen molar-refractivity contribution in [1.82, 2.24) is 10.3 Å². The number of ether oxygens (including phenoxy) is 1. The van der Waals surface area contributed by atoms with Crippen LogP contribution in [0.5, 0.6) is 5.75 Å². The maximum absolute atomic E-state index is 10.5. The Hall–Kier alpha value is -1.67. The fourth-order valence-corrected chi connectivity index (χ4v) is 2.98. The Kier molecular flexibility index (Phi) is 7.40. The Morgan fingerprint density at radius 1 is 1.31 bits per heavy atom. The van der Waals surface area contributed by atoms with E-state index in [1.807, 2.05) is 19.9 Å². The Labute approximate surface area is 159 Å². The summed E-state index contributed by atoms with van der Waals surface area (Å²) < 4.78 is 35.2. The van der Waals surface area contributed by atoms with Crippen molar-refractivity contribution in [3.05, 3.63) is 52.8 Å². The summed E-state index contributed by atoms with van der Waals surface area (Å²) in [6.07, 6.45) is 2.87. The van der Waals surface area contributed by atoms with Gasteiger partial charge < -0.3 is 10.1 Å². The summed E-state index contributed by atoms with van der Waals surface area (Å²) in [7, 11) is -4.02. The van der Waals surface area contributed by atoms with Gasteiger partial charge in [-0.1, -0.05) is 29.3 Å². The minimum atomic E-state index is -4.02. The molecular weight excluding hydrogens is 376 g/mol. The van der Waals surface area contributed by atoms with Crippen LogP contribution in [0.25, 0.3) is 0 Å². The molecule has 0 spiro atoms. The highest BCUT2D eigenvalue weighted by Gasteiger charge is 2.15. The van der Waals surface area contributed by atoms with Gasteiger partial charge in [0.25, 0.3) is 10.1 Å². The highest BCUT2D eigenvalue weighted by atomic mass is 35.5. The van der Waals surface area contributed by atoms with Gasteiger partial charge in [-0.25, -0.2) is 4.98 Å². The van der Waals surface area contributed by atoms with Crippen molar-refractivity contribution < 1.29 is 17.7 Å². The highest BCUT2D eigenvalue weighted by Crippen LogP contribution is 2.19. The normalized spacial score (nSPS) is 16.7. The zero-order valence-electron chi connectivity index (χ0n) is 14.8. The summed E-state index contributed by atoms with van der Waals surface area (Å²) in [5.74, 6) is 1.43. The number of rotatable bonds is 4. The molecule has 1 aliphatic rings. The van der Waals surface area contributed by atoms with Crippen LogP contribution in [0.4, 0.5) is 0 Å². The number of hydrogen-bond acceptors (Lipinski definition) is 5. The predicted molar refractivity (Wildman–Crippen MR) is 101 cm³/mol. The number of benzene rings is 1. The molecule has 1 aromatic heterocycles. The maximum atomic E-state index is 10.5. The molecule has 1 fully saturated rings. The molecule has 0 aliphatic carbocycles. The first kappa shape index (κ1) is 20.6. The van der Waals surface area contributed by atoms with Crippen molar-refractivity contribution in [3.63, 3.8) is 0 Å². The third-order valence-corrected chi connectivity index (χ3v) is 5.22. The molecule has 0 bridgehead atoms. The van der Waals surface area contributed by atoms with Gasteiger partial charge in [-0.2, -0.15) is 8.42 Å². The average molecular weight is 399 g/mol. The van der Waals surface area contributed by atoms with Gasteiger partial charge in [0.1, 0.15) is 10.9 Å². The first-order valence-corrected chi connectivity index (χ1v) is 10.1. The van der Waals surface area contributed by atoms with Gasteiger partial charge in [0.05, 0.1) is 17.7 Å². The number of nitrogens with one attached hydrogen (secondary N) is 1. The van der Waals surface area contributed by atoms with E-state index in [1.54, 1.807) is 18.3 Å². The lowest BCUT2D eigenvalue weighted by molar-refractivity contribution is 0.259. The smallest absolute Gasteiger partial charge is 0.294 e. The molecule has 142 valence electrons. The Morgan fingerprint density at radius 3 is 2.54 bits per heavy atom. The zero-order chi connectivity index (χ0) is 19.2. The molecule has 2 aromatic rings. The second-order valence-corrected chi connectivity index (χ2v) is 8.02. The van der Waals surface area contributed by atoms with Crippen molar-refractivity contribution in [1.29, 1.82) is 0 Å². The molecule has 0 amide bonds. The van der Waals surface area contributed by atoms with Crippen molar-refractivity contribution >= 4 is 21.7 Å². The summed E-state index contributed by atoms with van der Waals surface area (Å²) in [4.78, 5) is 3.98. The molecule has 1 atom stereocenters. The van der Waals surface area contributed by atoms with E-state index in [4.69, 9.17) is 20.9 Å². The van der Waals surface area contributed by atoms with Crippen molar-refractivity contribution in [2.75, 3.05) is 19.7 Å². The van der Waals surface area contributed by atoms with E-state index in [0.29, 0.717) is 11.1 Å². The monoisotopic (exact) mass is 398 g/mol.